The van der Waals surface area contributed by atoms with Gasteiger partial charge in [0.25, 0.3) is 0 Å². The number of hydrogen-bond donors (Lipinski definition) is 1. The van der Waals surface area contributed by atoms with Gasteiger partial charge in [-0.15, -0.1) is 0 Å². The SMILES string of the molecule is O=S(=O)(c1ccccc1NCC1CC1)C(F)F. The average Bonchev–Trinajstić information content (AvgIpc) is 3.10. The Kier molecular flexibility index (Phi) is 3.33. The summed E-state index contributed by atoms with van der Waals surface area (Å²) in [6, 6.07) is 5.78. The van der Waals surface area contributed by atoms with E-state index in [1.165, 1.54) is 18.2 Å². The zero-order valence-corrected chi connectivity index (χ0v) is 9.88. The van der Waals surface area contributed by atoms with Crippen LogP contribution in [0.3, 0.4) is 0 Å². The number of sulfone groups is 1. The lowest BCUT2D eigenvalue weighted by atomic mass is 10.3. The molecule has 1 aromatic rings. The van der Waals surface area contributed by atoms with Crippen molar-refractivity contribution >= 4 is 15.5 Å². The Balaban J connectivity index is 2.26. The van der Waals surface area contributed by atoms with E-state index in [1.54, 1.807) is 6.07 Å². The first-order valence-corrected chi connectivity index (χ1v) is 6.91. The lowest BCUT2D eigenvalue weighted by Gasteiger charge is -2.11. The molecular weight excluding hydrogens is 248 g/mol. The van der Waals surface area contributed by atoms with Gasteiger partial charge >= 0.3 is 5.76 Å². The maximum atomic E-state index is 12.5. The molecule has 94 valence electrons. The second-order valence-electron chi connectivity index (χ2n) is 4.13. The van der Waals surface area contributed by atoms with Crippen LogP contribution in [0.2, 0.25) is 0 Å². The van der Waals surface area contributed by atoms with Crippen molar-refractivity contribution in [2.24, 2.45) is 5.92 Å². The molecule has 0 amide bonds. The van der Waals surface area contributed by atoms with E-state index in [0.29, 0.717) is 12.5 Å². The van der Waals surface area contributed by atoms with Crippen molar-refractivity contribution in [2.45, 2.75) is 23.5 Å². The van der Waals surface area contributed by atoms with Gasteiger partial charge in [-0.1, -0.05) is 12.1 Å². The molecule has 1 fully saturated rings. The highest BCUT2D eigenvalue weighted by Gasteiger charge is 2.29. The number of nitrogens with one attached hydrogen (secondary N) is 1. The molecular formula is C11H13F2NO2S. The van der Waals surface area contributed by atoms with Crippen molar-refractivity contribution in [1.82, 2.24) is 0 Å². The van der Waals surface area contributed by atoms with Crippen molar-refractivity contribution in [2.75, 3.05) is 11.9 Å². The van der Waals surface area contributed by atoms with Gasteiger partial charge in [-0.2, -0.15) is 8.78 Å². The van der Waals surface area contributed by atoms with Crippen molar-refractivity contribution in [1.29, 1.82) is 0 Å². The van der Waals surface area contributed by atoms with E-state index in [4.69, 9.17) is 0 Å². The third-order valence-electron chi connectivity index (χ3n) is 2.71. The van der Waals surface area contributed by atoms with Gasteiger partial charge in [0, 0.05) is 6.54 Å². The molecule has 0 heterocycles. The normalized spacial score (nSPS) is 16.2. The van der Waals surface area contributed by atoms with Crippen molar-refractivity contribution in [3.05, 3.63) is 24.3 Å². The molecule has 6 heteroatoms. The maximum absolute atomic E-state index is 12.5. The number of anilines is 1. The van der Waals surface area contributed by atoms with Crippen LogP contribution in [0.4, 0.5) is 14.5 Å². The molecule has 0 aromatic heterocycles. The molecule has 17 heavy (non-hydrogen) atoms. The Labute approximate surface area is 98.8 Å². The van der Waals surface area contributed by atoms with E-state index in [-0.39, 0.29) is 10.6 Å². The summed E-state index contributed by atoms with van der Waals surface area (Å²) in [5.74, 6) is -2.84. The number of para-hydroxylation sites is 1. The molecule has 0 spiro atoms. The van der Waals surface area contributed by atoms with Crippen LogP contribution in [-0.4, -0.2) is 20.7 Å². The van der Waals surface area contributed by atoms with E-state index in [1.807, 2.05) is 0 Å². The van der Waals surface area contributed by atoms with Gasteiger partial charge in [-0.25, -0.2) is 8.42 Å². The number of rotatable bonds is 5. The second-order valence-corrected chi connectivity index (χ2v) is 6.01. The standard InChI is InChI=1S/C11H13F2NO2S/c12-11(13)17(15,16)10-4-2-1-3-9(10)14-7-8-5-6-8/h1-4,8,11,14H,5-7H2. The fourth-order valence-electron chi connectivity index (χ4n) is 1.53. The first kappa shape index (κ1) is 12.3. The second kappa shape index (κ2) is 4.60. The smallest absolute Gasteiger partial charge is 0.341 e. The fourth-order valence-corrected chi connectivity index (χ4v) is 2.44. The molecule has 3 nitrogen and oxygen atoms in total. The lowest BCUT2D eigenvalue weighted by Crippen LogP contribution is -2.15. The van der Waals surface area contributed by atoms with Gasteiger partial charge in [0.1, 0.15) is 0 Å². The average molecular weight is 261 g/mol. The van der Waals surface area contributed by atoms with Crippen LogP contribution in [0, 0.1) is 5.92 Å². The first-order chi connectivity index (χ1) is 8.01. The predicted molar refractivity (Wildman–Crippen MR) is 60.8 cm³/mol. The van der Waals surface area contributed by atoms with E-state index < -0.39 is 15.6 Å². The van der Waals surface area contributed by atoms with Crippen LogP contribution < -0.4 is 5.32 Å². The highest BCUT2D eigenvalue weighted by molar-refractivity contribution is 7.91. The number of halogens is 2. The van der Waals surface area contributed by atoms with E-state index in [9.17, 15) is 17.2 Å². The number of alkyl halides is 2. The third kappa shape index (κ3) is 2.74. The summed E-state index contributed by atoms with van der Waals surface area (Å²) in [7, 11) is -4.53. The summed E-state index contributed by atoms with van der Waals surface area (Å²) in [6.07, 6.45) is 2.22. The minimum atomic E-state index is -4.53. The molecule has 1 aliphatic carbocycles. The largest absolute Gasteiger partial charge is 0.384 e. The zero-order chi connectivity index (χ0) is 12.5. The van der Waals surface area contributed by atoms with Crippen LogP contribution in [0.5, 0.6) is 0 Å². The summed E-state index contributed by atoms with van der Waals surface area (Å²) in [5.41, 5.74) is 0.264. The highest BCUT2D eigenvalue weighted by atomic mass is 32.2. The van der Waals surface area contributed by atoms with Crippen molar-refractivity contribution in [3.8, 4) is 0 Å². The van der Waals surface area contributed by atoms with Crippen LogP contribution in [0.25, 0.3) is 0 Å². The van der Waals surface area contributed by atoms with Gasteiger partial charge in [-0.3, -0.25) is 0 Å². The van der Waals surface area contributed by atoms with Gasteiger partial charge in [0.2, 0.25) is 9.84 Å². The lowest BCUT2D eigenvalue weighted by molar-refractivity contribution is 0.235. The molecule has 0 saturated heterocycles. The first-order valence-electron chi connectivity index (χ1n) is 5.37. The predicted octanol–water partition coefficient (Wildman–Crippen LogP) is 2.50. The molecule has 1 aromatic carbocycles. The summed E-state index contributed by atoms with van der Waals surface area (Å²) in [4.78, 5) is -0.323. The van der Waals surface area contributed by atoms with Gasteiger partial charge in [0.15, 0.2) is 0 Å². The maximum Gasteiger partial charge on any atom is 0.341 e. The molecule has 0 atom stereocenters. The monoisotopic (exact) mass is 261 g/mol. The Morgan fingerprint density at radius 3 is 2.53 bits per heavy atom. The molecule has 0 aliphatic heterocycles. The summed E-state index contributed by atoms with van der Waals surface area (Å²) in [5, 5.41) is 2.92. The van der Waals surface area contributed by atoms with Crippen molar-refractivity contribution in [3.63, 3.8) is 0 Å². The molecule has 1 saturated carbocycles. The Bertz CT molecular complexity index is 498. The molecule has 0 radical (unpaired) electrons. The number of benzene rings is 1. The Hall–Kier alpha value is -1.17. The van der Waals surface area contributed by atoms with Crippen LogP contribution >= 0.6 is 0 Å². The fraction of sp³-hybridized carbons (Fsp3) is 0.455. The van der Waals surface area contributed by atoms with Crippen LogP contribution in [0.1, 0.15) is 12.8 Å². The van der Waals surface area contributed by atoms with E-state index in [0.717, 1.165) is 12.8 Å². The minimum Gasteiger partial charge on any atom is -0.384 e. The summed E-state index contributed by atoms with van der Waals surface area (Å²) < 4.78 is 47.8. The molecule has 1 aliphatic rings. The topological polar surface area (TPSA) is 46.2 Å². The minimum absolute atomic E-state index is 0.264. The van der Waals surface area contributed by atoms with E-state index >= 15 is 0 Å². The van der Waals surface area contributed by atoms with Crippen molar-refractivity contribution < 1.29 is 17.2 Å². The Morgan fingerprint density at radius 1 is 1.29 bits per heavy atom. The molecule has 0 bridgehead atoms. The quantitative estimate of drug-likeness (QED) is 0.885. The molecule has 1 N–H and O–H groups in total. The molecule has 0 unspecified atom stereocenters. The molecule has 2 rings (SSSR count). The van der Waals surface area contributed by atoms with Crippen LogP contribution in [0.15, 0.2) is 29.2 Å². The highest BCUT2D eigenvalue weighted by Crippen LogP contribution is 2.31. The van der Waals surface area contributed by atoms with E-state index in [2.05, 4.69) is 5.32 Å². The summed E-state index contributed by atoms with van der Waals surface area (Å²) in [6.45, 7) is 0.635. The number of hydrogen-bond acceptors (Lipinski definition) is 3. The van der Waals surface area contributed by atoms with Gasteiger partial charge in [-0.05, 0) is 30.9 Å². The van der Waals surface area contributed by atoms with Gasteiger partial charge in [0.05, 0.1) is 10.6 Å². The summed E-state index contributed by atoms with van der Waals surface area (Å²) >= 11 is 0. The zero-order valence-electron chi connectivity index (χ0n) is 9.07. The van der Waals surface area contributed by atoms with Crippen LogP contribution in [-0.2, 0) is 9.84 Å². The van der Waals surface area contributed by atoms with Gasteiger partial charge < -0.3 is 5.32 Å². The third-order valence-corrected chi connectivity index (χ3v) is 4.14. The Morgan fingerprint density at radius 2 is 1.94 bits per heavy atom.